The first-order valence-electron chi connectivity index (χ1n) is 36.3. The van der Waals surface area contributed by atoms with Crippen LogP contribution < -0.4 is 10.2 Å². The number of unbranched alkanes of at least 4 members (excludes halogenated alkanes) is 47. The van der Waals surface area contributed by atoms with Crippen molar-refractivity contribution in [3.63, 3.8) is 0 Å². The molecule has 83 heavy (non-hydrogen) atoms. The molecule has 0 aliphatic carbocycles. The Labute approximate surface area is 516 Å². The van der Waals surface area contributed by atoms with Gasteiger partial charge in [0.1, 0.15) is 19.3 Å². The van der Waals surface area contributed by atoms with Crippen LogP contribution in [0.2, 0.25) is 0 Å². The van der Waals surface area contributed by atoms with Crippen molar-refractivity contribution >= 4 is 19.7 Å². The SMILES string of the molecule is CCCCCCCC/C=C/CCCCCCCCCCCCCCCCCC(=O)NC(COP(=O)([O-])OCC[N+](C)(C)C)C(/C=C\CCCCCCCCCCC)OC(=O)CCCCCCCCCCCCC/C=C/CCCCCCCC. The van der Waals surface area contributed by atoms with Crippen LogP contribution in [0.3, 0.4) is 0 Å². The van der Waals surface area contributed by atoms with Crippen LogP contribution in [0.25, 0.3) is 0 Å². The molecule has 1 N–H and O–H groups in total. The number of esters is 1. The van der Waals surface area contributed by atoms with Crippen molar-refractivity contribution in [3.05, 3.63) is 36.5 Å². The zero-order valence-electron chi connectivity index (χ0n) is 56.2. The number of quaternary nitrogens is 1. The summed E-state index contributed by atoms with van der Waals surface area (Å²) >= 11 is 0. The number of phosphoric acid groups is 1. The lowest BCUT2D eigenvalue weighted by Crippen LogP contribution is -2.47. The summed E-state index contributed by atoms with van der Waals surface area (Å²) in [5, 5.41) is 3.05. The van der Waals surface area contributed by atoms with Crippen molar-refractivity contribution < 1.29 is 37.3 Å². The van der Waals surface area contributed by atoms with Crippen LogP contribution in [0.15, 0.2) is 36.5 Å². The van der Waals surface area contributed by atoms with E-state index in [1.165, 1.54) is 276 Å². The Morgan fingerprint density at radius 2 is 0.699 bits per heavy atom. The fourth-order valence-corrected chi connectivity index (χ4v) is 11.7. The molecular formula is C73H141N2O7P. The third-order valence-corrected chi connectivity index (χ3v) is 17.5. The lowest BCUT2D eigenvalue weighted by molar-refractivity contribution is -0.870. The van der Waals surface area contributed by atoms with E-state index >= 15 is 0 Å². The first-order chi connectivity index (χ1) is 40.4. The first-order valence-corrected chi connectivity index (χ1v) is 37.8. The molecule has 0 rings (SSSR count). The highest BCUT2D eigenvalue weighted by molar-refractivity contribution is 7.45. The van der Waals surface area contributed by atoms with Crippen LogP contribution >= 0.6 is 7.82 Å². The number of carbonyl (C=O) groups excluding carboxylic acids is 2. The molecule has 0 heterocycles. The van der Waals surface area contributed by atoms with E-state index in [4.69, 9.17) is 13.8 Å². The largest absolute Gasteiger partial charge is 0.756 e. The molecule has 9 nitrogen and oxygen atoms in total. The molecule has 3 unspecified atom stereocenters. The molecule has 0 radical (unpaired) electrons. The average Bonchev–Trinajstić information content (AvgIpc) is 3.51. The van der Waals surface area contributed by atoms with E-state index in [1.807, 2.05) is 33.3 Å². The molecule has 0 aromatic rings. The van der Waals surface area contributed by atoms with Crippen LogP contribution in [0, 0.1) is 0 Å². The Hall–Kier alpha value is -1.77. The van der Waals surface area contributed by atoms with Crippen LogP contribution in [0.1, 0.15) is 367 Å². The minimum atomic E-state index is -4.70. The molecule has 0 fully saturated rings. The van der Waals surface area contributed by atoms with E-state index in [1.54, 1.807) is 0 Å². The van der Waals surface area contributed by atoms with E-state index in [-0.39, 0.29) is 31.5 Å². The summed E-state index contributed by atoms with van der Waals surface area (Å²) in [6, 6.07) is -0.886. The van der Waals surface area contributed by atoms with Gasteiger partial charge in [0.2, 0.25) is 5.91 Å². The van der Waals surface area contributed by atoms with Gasteiger partial charge in [0, 0.05) is 12.8 Å². The Bertz CT molecular complexity index is 1510. The van der Waals surface area contributed by atoms with Gasteiger partial charge in [-0.25, -0.2) is 0 Å². The Morgan fingerprint density at radius 3 is 1.02 bits per heavy atom. The van der Waals surface area contributed by atoms with E-state index in [2.05, 4.69) is 50.4 Å². The van der Waals surface area contributed by atoms with E-state index < -0.39 is 20.0 Å². The summed E-state index contributed by atoms with van der Waals surface area (Å²) in [5.41, 5.74) is 0. The van der Waals surface area contributed by atoms with Gasteiger partial charge in [-0.3, -0.25) is 14.2 Å². The van der Waals surface area contributed by atoms with Crippen molar-refractivity contribution in [2.45, 2.75) is 380 Å². The molecule has 3 atom stereocenters. The number of amides is 1. The van der Waals surface area contributed by atoms with Crippen LogP contribution in [0.5, 0.6) is 0 Å². The summed E-state index contributed by atoms with van der Waals surface area (Å²) < 4.78 is 30.4. The van der Waals surface area contributed by atoms with Gasteiger partial charge < -0.3 is 28.5 Å². The number of nitrogens with one attached hydrogen (secondary N) is 1. The maximum Gasteiger partial charge on any atom is 0.306 e. The second kappa shape index (κ2) is 63.3. The quantitative estimate of drug-likeness (QED) is 0.0212. The van der Waals surface area contributed by atoms with Crippen molar-refractivity contribution in [2.24, 2.45) is 0 Å². The van der Waals surface area contributed by atoms with E-state index in [0.29, 0.717) is 17.4 Å². The Balaban J connectivity index is 4.97. The Morgan fingerprint density at radius 1 is 0.410 bits per heavy atom. The fraction of sp³-hybridized carbons (Fsp3) is 0.890. The third kappa shape index (κ3) is 64.5. The standard InChI is InChI=1S/C73H141N2O7P/c1-7-10-13-16-19-22-25-27-29-31-33-35-36-37-38-40-41-43-45-47-50-53-56-59-62-65-72(76)74-70(69-81-83(78,79)80-68-67-75(4,5)6)71(64-61-58-55-52-49-24-21-18-15-12-9-3)82-73(77)66-63-60-57-54-51-48-46-44-42-39-34-32-30-28-26-23-20-17-14-11-8-2/h27-30,61,64,70-71H,7-26,31-60,62-63,65-69H2,1-6H3,(H-,74,76,78,79)/b29-27+,30-28+,64-61-. The summed E-state index contributed by atoms with van der Waals surface area (Å²) in [4.78, 5) is 40.2. The molecule has 0 saturated carbocycles. The predicted octanol–water partition coefficient (Wildman–Crippen LogP) is 22.4. The topological polar surface area (TPSA) is 114 Å². The first kappa shape index (κ1) is 81.2. The van der Waals surface area contributed by atoms with Crippen molar-refractivity contribution in [1.82, 2.24) is 5.32 Å². The maximum absolute atomic E-state index is 13.6. The number of hydrogen-bond donors (Lipinski definition) is 1. The minimum Gasteiger partial charge on any atom is -0.756 e. The van der Waals surface area contributed by atoms with Crippen molar-refractivity contribution in [3.8, 4) is 0 Å². The minimum absolute atomic E-state index is 0.0197. The van der Waals surface area contributed by atoms with Gasteiger partial charge in [-0.05, 0) is 83.1 Å². The zero-order chi connectivity index (χ0) is 60.7. The number of phosphoric ester groups is 1. The molecule has 0 saturated heterocycles. The highest BCUT2D eigenvalue weighted by atomic mass is 31.2. The van der Waals surface area contributed by atoms with Crippen molar-refractivity contribution in [2.75, 3.05) is 40.9 Å². The summed E-state index contributed by atoms with van der Waals surface area (Å²) in [5.74, 6) is -0.523. The van der Waals surface area contributed by atoms with Crippen LogP contribution in [-0.4, -0.2) is 69.4 Å². The number of rotatable bonds is 67. The summed E-state index contributed by atoms with van der Waals surface area (Å²) in [6.07, 6.45) is 78.5. The highest BCUT2D eigenvalue weighted by Crippen LogP contribution is 2.38. The monoisotopic (exact) mass is 1190 g/mol. The Kier molecular flexibility index (Phi) is 61.9. The normalized spacial score (nSPS) is 13.7. The molecule has 0 spiro atoms. The molecule has 0 aliphatic heterocycles. The molecule has 0 bridgehead atoms. The number of hydrogen-bond acceptors (Lipinski definition) is 7. The number of carbonyl (C=O) groups is 2. The van der Waals surface area contributed by atoms with E-state index in [9.17, 15) is 19.0 Å². The number of ether oxygens (including phenoxy) is 1. The smallest absolute Gasteiger partial charge is 0.306 e. The number of allylic oxidation sites excluding steroid dienone is 5. The zero-order valence-corrected chi connectivity index (χ0v) is 57.1. The molecule has 490 valence electrons. The molecule has 0 aliphatic rings. The second-order valence-corrected chi connectivity index (χ2v) is 27.5. The van der Waals surface area contributed by atoms with Gasteiger partial charge in [-0.2, -0.15) is 0 Å². The summed E-state index contributed by atoms with van der Waals surface area (Å²) in [7, 11) is 1.20. The second-order valence-electron chi connectivity index (χ2n) is 26.1. The van der Waals surface area contributed by atoms with Crippen LogP contribution in [0.4, 0.5) is 0 Å². The van der Waals surface area contributed by atoms with E-state index in [0.717, 1.165) is 57.8 Å². The van der Waals surface area contributed by atoms with Gasteiger partial charge in [-0.1, -0.05) is 308 Å². The highest BCUT2D eigenvalue weighted by Gasteiger charge is 2.27. The van der Waals surface area contributed by atoms with Gasteiger partial charge in [0.25, 0.3) is 7.82 Å². The van der Waals surface area contributed by atoms with Crippen molar-refractivity contribution in [1.29, 1.82) is 0 Å². The molecule has 0 aromatic heterocycles. The maximum atomic E-state index is 13.6. The molecular weight excluding hydrogens is 1050 g/mol. The molecule has 1 amide bonds. The summed E-state index contributed by atoms with van der Waals surface area (Å²) in [6.45, 7) is 6.89. The molecule has 0 aromatic carbocycles. The lowest BCUT2D eigenvalue weighted by Gasteiger charge is -2.30. The number of nitrogens with zero attached hydrogens (tertiary/aromatic N) is 1. The van der Waals surface area contributed by atoms with Gasteiger partial charge in [0.05, 0.1) is 33.8 Å². The van der Waals surface area contributed by atoms with Gasteiger partial charge in [0.15, 0.2) is 0 Å². The fourth-order valence-electron chi connectivity index (χ4n) is 10.9. The predicted molar refractivity (Wildman–Crippen MR) is 358 cm³/mol. The van der Waals surface area contributed by atoms with Gasteiger partial charge in [-0.15, -0.1) is 0 Å². The lowest BCUT2D eigenvalue weighted by atomic mass is 10.0. The third-order valence-electron chi connectivity index (χ3n) is 16.5. The number of likely N-dealkylation sites (N-methyl/N-ethyl adjacent to an activating group) is 1. The van der Waals surface area contributed by atoms with Crippen LogP contribution in [-0.2, 0) is 27.9 Å². The van der Waals surface area contributed by atoms with Gasteiger partial charge >= 0.3 is 5.97 Å². The molecule has 10 heteroatoms. The average molecular weight is 1190 g/mol.